The Bertz CT molecular complexity index is 1760. The summed E-state index contributed by atoms with van der Waals surface area (Å²) < 4.78 is 27.6. The average Bonchev–Trinajstić information content (AvgIpc) is 3.47. The van der Waals surface area contributed by atoms with E-state index in [0.29, 0.717) is 10.0 Å². The first kappa shape index (κ1) is 32.4. The molecular weight excluding hydrogens is 700 g/mol. The van der Waals surface area contributed by atoms with Crippen molar-refractivity contribution in [2.24, 2.45) is 0 Å². The molecule has 2 heterocycles. The number of methoxy groups -OCH3 is 2. The van der Waals surface area contributed by atoms with Gasteiger partial charge in [0.05, 0.1) is 0 Å². The Balaban J connectivity index is 1.31. The predicted octanol–water partition coefficient (Wildman–Crippen LogP) is 2.68. The van der Waals surface area contributed by atoms with Crippen LogP contribution in [0.15, 0.2) is 131 Å². The van der Waals surface area contributed by atoms with Crippen molar-refractivity contribution in [1.29, 1.82) is 0 Å². The molecule has 1 saturated heterocycles. The van der Waals surface area contributed by atoms with Gasteiger partial charge in [-0.05, 0) is 0 Å². The monoisotopic (exact) mass is 738 g/mol. The predicted molar refractivity (Wildman–Crippen MR) is 176 cm³/mol. The topological polar surface area (TPSA) is 112 Å². The number of H-pyrrole nitrogens is 1. The molecule has 0 saturated carbocycles. The molecule has 0 amide bonds. The second-order valence-electron chi connectivity index (χ2n) is 11.1. The van der Waals surface area contributed by atoms with Crippen molar-refractivity contribution in [3.8, 4) is 0 Å². The van der Waals surface area contributed by atoms with Gasteiger partial charge < -0.3 is 9.47 Å². The summed E-state index contributed by atoms with van der Waals surface area (Å²) in [6.45, 7) is 0.0233. The number of aliphatic hydroxyl groups excluding tert-OH is 1. The number of hydrogen-bond donors (Lipinski definition) is 2. The van der Waals surface area contributed by atoms with Crippen molar-refractivity contribution in [1.82, 2.24) is 9.55 Å². The van der Waals surface area contributed by atoms with Crippen LogP contribution in [0.3, 0.4) is 0 Å². The summed E-state index contributed by atoms with van der Waals surface area (Å²) in [5, 5.41) is 11.2. The summed E-state index contributed by atoms with van der Waals surface area (Å²) >= 11 is -1.05. The van der Waals surface area contributed by atoms with Crippen LogP contribution in [-0.2, 0) is 24.5 Å². The van der Waals surface area contributed by atoms with Crippen LogP contribution in [0.2, 0.25) is 0 Å². The van der Waals surface area contributed by atoms with Gasteiger partial charge in [-0.25, -0.2) is 0 Å². The Morgan fingerprint density at radius 3 is 2.13 bits per heavy atom. The number of rotatable bonds is 11. The van der Waals surface area contributed by atoms with E-state index >= 15 is 0 Å². The Morgan fingerprint density at radius 1 is 0.957 bits per heavy atom. The summed E-state index contributed by atoms with van der Waals surface area (Å²) in [6, 6.07) is 29.6. The van der Waals surface area contributed by atoms with Gasteiger partial charge in [0.2, 0.25) is 0 Å². The number of aliphatic hydroxyl groups is 1. The van der Waals surface area contributed by atoms with E-state index in [0.717, 1.165) is 20.3 Å². The molecule has 46 heavy (non-hydrogen) atoms. The van der Waals surface area contributed by atoms with Gasteiger partial charge >= 0.3 is 237 Å². The molecule has 2 N–H and O–H groups in total. The van der Waals surface area contributed by atoms with Crippen molar-refractivity contribution >= 4 is 28.1 Å². The van der Waals surface area contributed by atoms with Crippen LogP contribution in [0, 0.1) is 0 Å². The molecule has 3 aromatic carbocycles. The van der Waals surface area contributed by atoms with Crippen LogP contribution < -0.4 is 18.5 Å². The minimum absolute atomic E-state index is 0.0233. The molecule has 10 heteroatoms. The molecule has 238 valence electrons. The number of nitrogens with one attached hydrogen (secondary N) is 1. The van der Waals surface area contributed by atoms with Gasteiger partial charge in [0, 0.05) is 14.2 Å². The summed E-state index contributed by atoms with van der Waals surface area (Å²) in [5.74, 6) is -0.882. The van der Waals surface area contributed by atoms with Crippen molar-refractivity contribution in [3.63, 3.8) is 0 Å². The molecule has 3 atom stereocenters. The van der Waals surface area contributed by atoms with Crippen LogP contribution >= 0.6 is 0 Å². The van der Waals surface area contributed by atoms with E-state index in [9.17, 15) is 14.7 Å². The molecule has 0 bridgehead atoms. The number of hydrogen-bond acceptors (Lipinski definition) is 7. The third kappa shape index (κ3) is 6.48. The van der Waals surface area contributed by atoms with Crippen molar-refractivity contribution in [2.45, 2.75) is 42.7 Å². The normalized spacial score (nSPS) is 20.8. The van der Waals surface area contributed by atoms with Crippen LogP contribution in [0.25, 0.3) is 0 Å². The van der Waals surface area contributed by atoms with Gasteiger partial charge in [-0.2, -0.15) is 0 Å². The fourth-order valence-electron chi connectivity index (χ4n) is 5.96. The summed E-state index contributed by atoms with van der Waals surface area (Å²) in [6.07, 6.45) is 5.71. The standard InChI is InChI=1S/C36H36N2O7Te/c1-42-35(43-2)20-18-27(19-21-35)36(25-12-6-3-7-13-25,26-14-8-4-9-15-26)44-24-30-29(39)22-32(45-30)38-23-31(33(40)37-34(38)41)46-28-16-10-5-11-17-28/h3-20,23,29-30,32,39H,21-22,24H2,1-2H3,(H,37,40,41)/t29-,30+,32+/m0/s1. The van der Waals surface area contributed by atoms with Crippen molar-refractivity contribution < 1.29 is 24.1 Å². The fraction of sp³-hybridized carbons (Fsp3) is 0.278. The van der Waals surface area contributed by atoms with E-state index in [-0.39, 0.29) is 18.6 Å². The third-order valence-electron chi connectivity index (χ3n) is 8.47. The number of benzene rings is 3. The Hall–Kier alpha value is -3.59. The van der Waals surface area contributed by atoms with Gasteiger partial charge in [0.1, 0.15) is 0 Å². The van der Waals surface area contributed by atoms with Crippen LogP contribution in [0.1, 0.15) is 30.2 Å². The molecule has 0 unspecified atom stereocenters. The Kier molecular flexibility index (Phi) is 9.87. The zero-order valence-electron chi connectivity index (χ0n) is 25.6. The first-order valence-electron chi connectivity index (χ1n) is 15.0. The second-order valence-corrected chi connectivity index (χ2v) is 14.3. The van der Waals surface area contributed by atoms with E-state index in [1.165, 1.54) is 4.57 Å². The van der Waals surface area contributed by atoms with Crippen LogP contribution in [0.5, 0.6) is 0 Å². The van der Waals surface area contributed by atoms with Gasteiger partial charge in [0.15, 0.2) is 5.79 Å². The van der Waals surface area contributed by atoms with Crippen LogP contribution in [0.4, 0.5) is 0 Å². The third-order valence-corrected chi connectivity index (χ3v) is 11.4. The molecule has 0 radical (unpaired) electrons. The van der Waals surface area contributed by atoms with Gasteiger partial charge in [-0.3, -0.25) is 0 Å². The van der Waals surface area contributed by atoms with Crippen LogP contribution in [-0.4, -0.2) is 74.4 Å². The van der Waals surface area contributed by atoms with Crippen molar-refractivity contribution in [3.05, 3.63) is 153 Å². The second kappa shape index (κ2) is 14.0. The molecule has 0 spiro atoms. The van der Waals surface area contributed by atoms with E-state index in [1.54, 1.807) is 20.4 Å². The van der Waals surface area contributed by atoms with Crippen molar-refractivity contribution in [2.75, 3.05) is 20.8 Å². The number of nitrogens with zero attached hydrogens (tertiary/aromatic N) is 1. The molecule has 9 nitrogen and oxygen atoms in total. The summed E-state index contributed by atoms with van der Waals surface area (Å²) in [4.78, 5) is 28.1. The Labute approximate surface area is 277 Å². The molecule has 1 aromatic heterocycles. The maximum absolute atomic E-state index is 12.9. The average molecular weight is 736 g/mol. The molecule has 2 aliphatic rings. The van der Waals surface area contributed by atoms with E-state index in [4.69, 9.17) is 18.9 Å². The number of aromatic amines is 1. The Morgan fingerprint density at radius 2 is 1.57 bits per heavy atom. The van der Waals surface area contributed by atoms with Gasteiger partial charge in [0.25, 0.3) is 0 Å². The first-order chi connectivity index (χ1) is 22.4. The number of aromatic nitrogens is 2. The van der Waals surface area contributed by atoms with E-state index < -0.39 is 56.4 Å². The molecular formula is C36H36N2O7Te. The molecule has 6 rings (SSSR count). The van der Waals surface area contributed by atoms with E-state index in [1.807, 2.05) is 103 Å². The first-order valence-corrected chi connectivity index (χ1v) is 17.4. The zero-order chi connectivity index (χ0) is 32.1. The quantitative estimate of drug-likeness (QED) is 0.180. The molecule has 1 aliphatic carbocycles. The summed E-state index contributed by atoms with van der Waals surface area (Å²) in [7, 11) is 3.22. The SMILES string of the molecule is COC1(OC)C=CC(C(OC[C@H]2O[C@@H](n3cc([Te]c4ccccc4)c(=O)[nH]c3=O)C[C@@H]2O)(c2ccccc2)c2ccccc2)=CC1. The number of ether oxygens (including phenoxy) is 4. The maximum atomic E-state index is 12.9. The zero-order valence-corrected chi connectivity index (χ0v) is 27.9. The van der Waals surface area contributed by atoms with Gasteiger partial charge in [-0.1, -0.05) is 12.1 Å². The van der Waals surface area contributed by atoms with E-state index in [2.05, 4.69) is 11.1 Å². The molecule has 1 fully saturated rings. The van der Waals surface area contributed by atoms with Gasteiger partial charge in [-0.15, -0.1) is 0 Å². The summed E-state index contributed by atoms with van der Waals surface area (Å²) in [5.41, 5.74) is 0.655. The molecule has 4 aromatic rings. The molecule has 1 aliphatic heterocycles. The minimum atomic E-state index is -1.06. The fourth-order valence-corrected chi connectivity index (χ4v) is 8.41.